The van der Waals surface area contributed by atoms with Crippen LogP contribution in [0, 0.1) is 0 Å². The van der Waals surface area contributed by atoms with E-state index in [0.717, 1.165) is 12.8 Å². The number of hydrogen-bond acceptors (Lipinski definition) is 2. The first-order valence-corrected chi connectivity index (χ1v) is 9.64. The Kier molecular flexibility index (Phi) is 39.1. The number of hydrogen-bond donors (Lipinski definition) is 3. The molecule has 0 aromatic heterocycles. The normalized spacial score (nSPS) is 9.27. The van der Waals surface area contributed by atoms with Crippen LogP contribution in [0.1, 0.15) is 110 Å². The lowest BCUT2D eigenvalue weighted by atomic mass is 10.0. The Morgan fingerprint density at radius 3 is 1.00 bits per heavy atom. The topological polar surface area (TPSA) is 94.8 Å². The zero-order valence-corrected chi connectivity index (χ0v) is 15.5. The molecule has 0 aliphatic carbocycles. The summed E-state index contributed by atoms with van der Waals surface area (Å²) in [5.74, 6) is -0.653. The van der Waals surface area contributed by atoms with Crippen LogP contribution in [-0.2, 0) is 4.79 Å². The highest BCUT2D eigenvalue weighted by Crippen LogP contribution is 2.13. The van der Waals surface area contributed by atoms with Crippen molar-refractivity contribution in [3.8, 4) is 0 Å². The van der Waals surface area contributed by atoms with Crippen LogP contribution < -0.4 is 0 Å². The molecule has 26 heavy (non-hydrogen) atoms. The number of aliphatic carboxylic acids is 1. The van der Waals surface area contributed by atoms with Crippen LogP contribution in [0.15, 0.2) is 0 Å². The zero-order valence-electron chi connectivity index (χ0n) is 15.5. The van der Waals surface area contributed by atoms with Crippen molar-refractivity contribution in [3.63, 3.8) is 0 Å². The van der Waals surface area contributed by atoms with Crippen LogP contribution >= 0.6 is 0 Å². The molecular formula is C19H42Mg2O5. The molecule has 0 atom stereocenters. The molecule has 0 amide bonds. The average molecular weight is 399 g/mol. The van der Waals surface area contributed by atoms with E-state index in [4.69, 9.17) is 20.1 Å². The van der Waals surface area contributed by atoms with Gasteiger partial charge >= 0.3 is 58.2 Å². The highest BCUT2D eigenvalue weighted by molar-refractivity contribution is 5.76. The van der Waals surface area contributed by atoms with Crippen molar-refractivity contribution in [1.29, 1.82) is 0 Å². The highest BCUT2D eigenvalue weighted by Gasteiger charge is 1.97. The number of carbonyl (C=O) groups is 2. The van der Waals surface area contributed by atoms with Gasteiger partial charge in [-0.1, -0.05) is 96.8 Å². The second kappa shape index (κ2) is 30.0. The lowest BCUT2D eigenvalue weighted by molar-refractivity contribution is -0.137. The van der Waals surface area contributed by atoms with Gasteiger partial charge in [-0.05, 0) is 6.42 Å². The lowest BCUT2D eigenvalue weighted by Crippen LogP contribution is -1.93. The van der Waals surface area contributed by atoms with E-state index in [1.54, 1.807) is 0 Å². The molecule has 0 saturated carbocycles. The first-order valence-electron chi connectivity index (χ1n) is 9.64. The Labute approximate surface area is 192 Å². The van der Waals surface area contributed by atoms with Gasteiger partial charge < -0.3 is 15.3 Å². The fourth-order valence-electron chi connectivity index (χ4n) is 2.65. The minimum Gasteiger partial charge on any atom is -0.481 e. The summed E-state index contributed by atoms with van der Waals surface area (Å²) in [6.45, 7) is 2.27. The second-order valence-corrected chi connectivity index (χ2v) is 6.38. The molecule has 0 radical (unpaired) electrons. The van der Waals surface area contributed by atoms with E-state index < -0.39 is 12.1 Å². The molecule has 0 aromatic carbocycles. The van der Waals surface area contributed by atoms with E-state index in [0.29, 0.717) is 6.42 Å². The molecule has 3 N–H and O–H groups in total. The largest absolute Gasteiger partial charge is 0.503 e. The summed E-state index contributed by atoms with van der Waals surface area (Å²) in [5, 5.41) is 22.5. The van der Waals surface area contributed by atoms with E-state index in [2.05, 4.69) is 6.92 Å². The predicted molar refractivity (Wildman–Crippen MR) is 115 cm³/mol. The average Bonchev–Trinajstić information content (AvgIpc) is 2.50. The van der Waals surface area contributed by atoms with Crippen molar-refractivity contribution in [2.24, 2.45) is 0 Å². The van der Waals surface area contributed by atoms with E-state index in [-0.39, 0.29) is 46.1 Å². The maximum Gasteiger partial charge on any atom is 0.503 e. The minimum atomic E-state index is -1.83. The molecule has 0 rings (SSSR count). The van der Waals surface area contributed by atoms with Crippen molar-refractivity contribution in [3.05, 3.63) is 0 Å². The number of carboxylic acid groups (broad SMARTS) is 3. The van der Waals surface area contributed by atoms with Crippen molar-refractivity contribution in [2.75, 3.05) is 0 Å². The minimum absolute atomic E-state index is 0. The zero-order chi connectivity index (χ0) is 18.5. The summed E-state index contributed by atoms with van der Waals surface area (Å²) < 4.78 is 0. The van der Waals surface area contributed by atoms with E-state index in [9.17, 15) is 4.79 Å². The van der Waals surface area contributed by atoms with Gasteiger partial charge in [-0.3, -0.25) is 4.79 Å². The summed E-state index contributed by atoms with van der Waals surface area (Å²) in [7, 11) is 0. The molecule has 0 aliphatic rings. The first kappa shape index (κ1) is 33.8. The van der Waals surface area contributed by atoms with Crippen molar-refractivity contribution >= 4 is 58.2 Å². The molecule has 0 spiro atoms. The number of rotatable bonds is 16. The van der Waals surface area contributed by atoms with Gasteiger partial charge in [0.15, 0.2) is 0 Å². The summed E-state index contributed by atoms with van der Waals surface area (Å²) >= 11 is 0. The standard InChI is InChI=1S/C18H36O2.CH2O3.2Mg.4H/c1-2-3-4-5-6-7-8-9-10-11-12-13-14-15-16-17-18(19)20;2-1(3)4;;;;;;/h2-17H2,1H3,(H,19,20);(H2,2,3,4);;;;;;. The van der Waals surface area contributed by atoms with Gasteiger partial charge in [0, 0.05) is 6.42 Å². The van der Waals surface area contributed by atoms with Crippen LogP contribution in [0.3, 0.4) is 0 Å². The molecule has 0 aliphatic heterocycles. The van der Waals surface area contributed by atoms with Crippen LogP contribution in [0.4, 0.5) is 4.79 Å². The number of carboxylic acids is 1. The van der Waals surface area contributed by atoms with Gasteiger partial charge in [0.25, 0.3) is 0 Å². The summed E-state index contributed by atoms with van der Waals surface area (Å²) in [6.07, 6.45) is 18.4. The fraction of sp³-hybridized carbons (Fsp3) is 0.895. The van der Waals surface area contributed by atoms with E-state index >= 15 is 0 Å². The van der Waals surface area contributed by atoms with Gasteiger partial charge in [0.2, 0.25) is 0 Å². The van der Waals surface area contributed by atoms with Crippen LogP contribution in [0.2, 0.25) is 0 Å². The Morgan fingerprint density at radius 1 is 0.538 bits per heavy atom. The SMILES string of the molecule is CCCCCCCCCCCCCCCCCC(=O)O.O=C(O)O.[MgH2].[MgH2]. The Hall–Kier alpha value is 0.272. The molecule has 5 nitrogen and oxygen atoms in total. The fourth-order valence-corrected chi connectivity index (χ4v) is 2.65. The Bertz CT molecular complexity index is 285. The summed E-state index contributed by atoms with van der Waals surface area (Å²) in [6, 6.07) is 0. The van der Waals surface area contributed by atoms with Gasteiger partial charge in [-0.15, -0.1) is 0 Å². The van der Waals surface area contributed by atoms with Gasteiger partial charge in [-0.2, -0.15) is 0 Å². The second-order valence-electron chi connectivity index (χ2n) is 6.38. The van der Waals surface area contributed by atoms with E-state index in [1.165, 1.54) is 83.5 Å². The maximum atomic E-state index is 10.3. The summed E-state index contributed by atoms with van der Waals surface area (Å²) in [4.78, 5) is 18.9. The molecule has 7 heteroatoms. The third kappa shape index (κ3) is 44.1. The lowest BCUT2D eigenvalue weighted by Gasteiger charge is -2.03. The van der Waals surface area contributed by atoms with Gasteiger partial charge in [0.05, 0.1) is 0 Å². The van der Waals surface area contributed by atoms with Gasteiger partial charge in [-0.25, -0.2) is 4.79 Å². The van der Waals surface area contributed by atoms with Crippen molar-refractivity contribution < 1.29 is 24.9 Å². The molecule has 0 fully saturated rings. The smallest absolute Gasteiger partial charge is 0.481 e. The Morgan fingerprint density at radius 2 is 0.769 bits per heavy atom. The van der Waals surface area contributed by atoms with Crippen molar-refractivity contribution in [2.45, 2.75) is 110 Å². The quantitative estimate of drug-likeness (QED) is 0.258. The predicted octanol–water partition coefficient (Wildman–Crippen LogP) is 4.72. The molecule has 0 heterocycles. The Balaban J connectivity index is -0.000000363. The molecule has 0 saturated heterocycles. The molecule has 0 bridgehead atoms. The van der Waals surface area contributed by atoms with Crippen LogP contribution in [-0.4, -0.2) is 73.5 Å². The first-order chi connectivity index (χ1) is 11.5. The highest BCUT2D eigenvalue weighted by atomic mass is 24.3. The van der Waals surface area contributed by atoms with Crippen LogP contribution in [0.5, 0.6) is 0 Å². The molecular weight excluding hydrogens is 357 g/mol. The van der Waals surface area contributed by atoms with Crippen LogP contribution in [0.25, 0.3) is 0 Å². The third-order valence-corrected chi connectivity index (χ3v) is 3.99. The molecule has 152 valence electrons. The summed E-state index contributed by atoms with van der Waals surface area (Å²) in [5.41, 5.74) is 0. The molecule has 0 aromatic rings. The monoisotopic (exact) mass is 398 g/mol. The third-order valence-electron chi connectivity index (χ3n) is 3.99. The maximum absolute atomic E-state index is 10.3. The number of unbranched alkanes of at least 4 members (excludes halogenated alkanes) is 14. The molecule has 0 unspecified atom stereocenters. The van der Waals surface area contributed by atoms with E-state index in [1.807, 2.05) is 0 Å². The van der Waals surface area contributed by atoms with Crippen molar-refractivity contribution in [1.82, 2.24) is 0 Å². The van der Waals surface area contributed by atoms with Gasteiger partial charge in [0.1, 0.15) is 0 Å².